The van der Waals surface area contributed by atoms with Crippen molar-refractivity contribution in [3.8, 4) is 0 Å². The SMILES string of the molecule is [SiH2]CCC=S. The molecule has 0 aromatic carbocycles. The van der Waals surface area contributed by atoms with Gasteiger partial charge < -0.3 is 0 Å². The highest BCUT2D eigenvalue weighted by atomic mass is 32.1. The van der Waals surface area contributed by atoms with Crippen molar-refractivity contribution >= 4 is 27.8 Å². The molecule has 0 rings (SSSR count). The maximum absolute atomic E-state index is 4.53. The van der Waals surface area contributed by atoms with Crippen LogP contribution in [0.25, 0.3) is 0 Å². The lowest BCUT2D eigenvalue weighted by Crippen LogP contribution is -1.65. The topological polar surface area (TPSA) is 0 Å². The molecular formula is C3H7SSi. The van der Waals surface area contributed by atoms with Gasteiger partial charge in [0.25, 0.3) is 0 Å². The minimum atomic E-state index is 1.09. The fourth-order valence-electron chi connectivity index (χ4n) is 0.0833. The van der Waals surface area contributed by atoms with Crippen molar-refractivity contribution in [2.24, 2.45) is 0 Å². The first kappa shape index (κ1) is 5.31. The molecule has 5 heavy (non-hydrogen) atoms. The highest BCUT2D eigenvalue weighted by Gasteiger charge is 1.63. The van der Waals surface area contributed by atoms with E-state index in [0.717, 1.165) is 6.42 Å². The van der Waals surface area contributed by atoms with Gasteiger partial charge in [-0.25, -0.2) is 0 Å². The maximum atomic E-state index is 4.53. The van der Waals surface area contributed by atoms with Gasteiger partial charge in [-0.1, -0.05) is 18.3 Å². The minimum Gasteiger partial charge on any atom is -0.0935 e. The molecule has 0 atom stereocenters. The summed E-state index contributed by atoms with van der Waals surface area (Å²) in [5, 5.41) is 1.77. The molecule has 0 aliphatic heterocycles. The molecule has 0 aromatic rings. The molecule has 0 aliphatic rings. The quantitative estimate of drug-likeness (QED) is 0.361. The summed E-state index contributed by atoms with van der Waals surface area (Å²) in [5.74, 6) is 0. The molecule has 0 unspecified atom stereocenters. The summed E-state index contributed by atoms with van der Waals surface area (Å²) in [6.45, 7) is 0. The fourth-order valence-corrected chi connectivity index (χ4v) is 0.750. The Labute approximate surface area is 41.0 Å². The van der Waals surface area contributed by atoms with E-state index >= 15 is 0 Å². The molecule has 0 saturated heterocycles. The summed E-state index contributed by atoms with van der Waals surface area (Å²) in [7, 11) is 1.95. The fraction of sp³-hybridized carbons (Fsp3) is 0.667. The van der Waals surface area contributed by atoms with Gasteiger partial charge in [0.05, 0.1) is 0 Å². The van der Waals surface area contributed by atoms with Crippen LogP contribution in [0.15, 0.2) is 0 Å². The molecule has 0 spiro atoms. The standard InChI is InChI=1S/C3H7SSi/c4-2-1-3-5/h2H,1,3,5H2. The Morgan fingerprint density at radius 3 is 2.40 bits per heavy atom. The third-order valence-corrected chi connectivity index (χ3v) is 0.966. The van der Waals surface area contributed by atoms with Crippen LogP contribution in [0.1, 0.15) is 6.42 Å². The maximum Gasteiger partial charge on any atom is 0.00841 e. The van der Waals surface area contributed by atoms with Gasteiger partial charge in [-0.05, 0) is 11.8 Å². The number of hydrogen-bond donors (Lipinski definition) is 0. The monoisotopic (exact) mass is 103 g/mol. The van der Waals surface area contributed by atoms with E-state index in [4.69, 9.17) is 0 Å². The molecule has 1 radical (unpaired) electrons. The third-order valence-electron chi connectivity index (χ3n) is 0.322. The Morgan fingerprint density at radius 1 is 1.80 bits per heavy atom. The summed E-state index contributed by atoms with van der Waals surface area (Å²) in [5.41, 5.74) is 0. The molecule has 2 heteroatoms. The lowest BCUT2D eigenvalue weighted by Gasteiger charge is -1.70. The van der Waals surface area contributed by atoms with Gasteiger partial charge in [0.2, 0.25) is 0 Å². The molecule has 0 amide bonds. The number of hydrogen-bond acceptors (Lipinski definition) is 1. The molecule has 0 bridgehead atoms. The highest BCUT2D eigenvalue weighted by Crippen LogP contribution is 1.74. The molecule has 0 saturated carbocycles. The average molecular weight is 103 g/mol. The Hall–Kier alpha value is 0.307. The molecule has 0 heterocycles. The highest BCUT2D eigenvalue weighted by molar-refractivity contribution is 7.78. The zero-order chi connectivity index (χ0) is 4.12. The number of thiocarbonyl (C=S) groups is 1. The second-order valence-electron chi connectivity index (χ2n) is 0.809. The lowest BCUT2D eigenvalue weighted by atomic mass is 10.6. The van der Waals surface area contributed by atoms with Crippen LogP contribution in [0.4, 0.5) is 0 Å². The minimum absolute atomic E-state index is 1.09. The van der Waals surface area contributed by atoms with E-state index in [1.54, 1.807) is 5.37 Å². The molecule has 0 aromatic heterocycles. The van der Waals surface area contributed by atoms with E-state index in [9.17, 15) is 0 Å². The van der Waals surface area contributed by atoms with Crippen LogP contribution < -0.4 is 0 Å². The largest absolute Gasteiger partial charge is 0.0935 e. The Kier molecular flexibility index (Phi) is 4.57. The van der Waals surface area contributed by atoms with Crippen molar-refractivity contribution in [2.45, 2.75) is 12.5 Å². The second-order valence-corrected chi connectivity index (χ2v) is 1.85. The van der Waals surface area contributed by atoms with Crippen LogP contribution in [0.3, 0.4) is 0 Å². The summed E-state index contributed by atoms with van der Waals surface area (Å²) in [4.78, 5) is 0. The van der Waals surface area contributed by atoms with E-state index in [0.29, 0.717) is 0 Å². The first-order valence-electron chi connectivity index (χ1n) is 1.64. The predicted molar refractivity (Wildman–Crippen MR) is 31.6 cm³/mol. The van der Waals surface area contributed by atoms with Gasteiger partial charge in [0, 0.05) is 10.2 Å². The van der Waals surface area contributed by atoms with E-state index in [2.05, 4.69) is 12.2 Å². The van der Waals surface area contributed by atoms with Gasteiger partial charge in [-0.15, -0.1) is 0 Å². The smallest absolute Gasteiger partial charge is 0.00841 e. The zero-order valence-electron chi connectivity index (χ0n) is 3.11. The molecule has 0 nitrogen and oxygen atoms in total. The Balaban J connectivity index is 2.40. The van der Waals surface area contributed by atoms with Crippen LogP contribution in [0, 0.1) is 0 Å². The number of rotatable bonds is 2. The Morgan fingerprint density at radius 2 is 2.40 bits per heavy atom. The van der Waals surface area contributed by atoms with Gasteiger partial charge in [0.15, 0.2) is 0 Å². The van der Waals surface area contributed by atoms with E-state index in [-0.39, 0.29) is 0 Å². The van der Waals surface area contributed by atoms with Crippen LogP contribution in [0.5, 0.6) is 0 Å². The second kappa shape index (κ2) is 4.31. The average Bonchev–Trinajstić information content (AvgIpc) is 1.41. The van der Waals surface area contributed by atoms with Crippen molar-refractivity contribution in [3.63, 3.8) is 0 Å². The van der Waals surface area contributed by atoms with Crippen LogP contribution in [-0.4, -0.2) is 15.6 Å². The first-order chi connectivity index (χ1) is 2.41. The first-order valence-corrected chi connectivity index (χ1v) is 3.12. The van der Waals surface area contributed by atoms with Gasteiger partial charge in [-0.2, -0.15) is 0 Å². The normalized spacial score (nSPS) is 7.40. The molecule has 0 N–H and O–H groups in total. The van der Waals surface area contributed by atoms with Gasteiger partial charge >= 0.3 is 0 Å². The van der Waals surface area contributed by atoms with Crippen molar-refractivity contribution in [1.82, 2.24) is 0 Å². The third kappa shape index (κ3) is 4.31. The molecule has 0 fully saturated rings. The van der Waals surface area contributed by atoms with Crippen molar-refractivity contribution in [3.05, 3.63) is 0 Å². The summed E-state index contributed by atoms with van der Waals surface area (Å²) in [6.07, 6.45) is 1.09. The van der Waals surface area contributed by atoms with Crippen LogP contribution >= 0.6 is 12.2 Å². The van der Waals surface area contributed by atoms with E-state index in [1.807, 2.05) is 10.2 Å². The van der Waals surface area contributed by atoms with Crippen molar-refractivity contribution in [1.29, 1.82) is 0 Å². The lowest BCUT2D eigenvalue weighted by molar-refractivity contribution is 1.34. The Bertz CT molecular complexity index is 28.1. The van der Waals surface area contributed by atoms with Crippen molar-refractivity contribution in [2.75, 3.05) is 0 Å². The van der Waals surface area contributed by atoms with E-state index in [1.165, 1.54) is 6.04 Å². The predicted octanol–water partition coefficient (Wildman–Crippen LogP) is 0.428. The van der Waals surface area contributed by atoms with E-state index < -0.39 is 0 Å². The van der Waals surface area contributed by atoms with Gasteiger partial charge in [-0.3, -0.25) is 0 Å². The molecule has 29 valence electrons. The summed E-state index contributed by atoms with van der Waals surface area (Å²) < 4.78 is 0. The molecule has 0 aliphatic carbocycles. The van der Waals surface area contributed by atoms with Gasteiger partial charge in [0.1, 0.15) is 0 Å². The summed E-state index contributed by atoms with van der Waals surface area (Å²) >= 11 is 4.53. The zero-order valence-corrected chi connectivity index (χ0v) is 5.34. The van der Waals surface area contributed by atoms with Crippen molar-refractivity contribution < 1.29 is 0 Å². The summed E-state index contributed by atoms with van der Waals surface area (Å²) in [6, 6.07) is 1.21. The molecular weight excluding hydrogens is 96.2 g/mol. The van der Waals surface area contributed by atoms with Crippen LogP contribution in [0.2, 0.25) is 6.04 Å². The van der Waals surface area contributed by atoms with Crippen LogP contribution in [-0.2, 0) is 0 Å².